The molecule has 0 saturated heterocycles. The standard InChI is InChI=1S/C16H25ClN2O2/c1-11(2)9-16(3,10-18)19-15(20)8-12-7-13(17)5-6-14(12)21-4/h5-7,11H,8-10,18H2,1-4H3,(H,19,20). The van der Waals surface area contributed by atoms with E-state index in [1.165, 1.54) is 0 Å². The van der Waals surface area contributed by atoms with Gasteiger partial charge in [-0.25, -0.2) is 0 Å². The van der Waals surface area contributed by atoms with Crippen LogP contribution >= 0.6 is 11.6 Å². The van der Waals surface area contributed by atoms with Crippen molar-refractivity contribution in [1.29, 1.82) is 0 Å². The Morgan fingerprint density at radius 3 is 2.67 bits per heavy atom. The summed E-state index contributed by atoms with van der Waals surface area (Å²) in [6.07, 6.45) is 1.05. The van der Waals surface area contributed by atoms with Crippen LogP contribution in [0.5, 0.6) is 5.75 Å². The van der Waals surface area contributed by atoms with Gasteiger partial charge in [-0.2, -0.15) is 0 Å². The summed E-state index contributed by atoms with van der Waals surface area (Å²) in [6.45, 7) is 6.60. The minimum absolute atomic E-state index is 0.0795. The summed E-state index contributed by atoms with van der Waals surface area (Å²) in [6, 6.07) is 5.26. The second-order valence-corrected chi connectivity index (χ2v) is 6.48. The molecular weight excluding hydrogens is 288 g/mol. The van der Waals surface area contributed by atoms with Crippen molar-refractivity contribution in [2.24, 2.45) is 11.7 Å². The minimum Gasteiger partial charge on any atom is -0.496 e. The van der Waals surface area contributed by atoms with E-state index in [1.807, 2.05) is 6.92 Å². The average molecular weight is 313 g/mol. The molecule has 0 spiro atoms. The van der Waals surface area contributed by atoms with E-state index in [4.69, 9.17) is 22.1 Å². The van der Waals surface area contributed by atoms with E-state index in [0.717, 1.165) is 12.0 Å². The molecule has 0 bridgehead atoms. The van der Waals surface area contributed by atoms with E-state index in [-0.39, 0.29) is 12.3 Å². The smallest absolute Gasteiger partial charge is 0.225 e. The van der Waals surface area contributed by atoms with E-state index in [1.54, 1.807) is 25.3 Å². The number of nitrogens with one attached hydrogen (secondary N) is 1. The zero-order chi connectivity index (χ0) is 16.0. The largest absolute Gasteiger partial charge is 0.496 e. The molecule has 1 unspecified atom stereocenters. The molecule has 1 atom stereocenters. The van der Waals surface area contributed by atoms with Crippen LogP contribution < -0.4 is 15.8 Å². The molecule has 0 aliphatic heterocycles. The Morgan fingerprint density at radius 2 is 2.14 bits per heavy atom. The Bertz CT molecular complexity index is 491. The molecule has 1 amide bonds. The normalized spacial score (nSPS) is 13.9. The first-order valence-corrected chi connectivity index (χ1v) is 7.51. The third-order valence-electron chi connectivity index (χ3n) is 3.34. The highest BCUT2D eigenvalue weighted by molar-refractivity contribution is 6.30. The molecule has 5 heteroatoms. The van der Waals surface area contributed by atoms with E-state index < -0.39 is 5.54 Å². The Balaban J connectivity index is 2.79. The van der Waals surface area contributed by atoms with Crippen LogP contribution in [0.15, 0.2) is 18.2 Å². The Labute approximate surface area is 132 Å². The van der Waals surface area contributed by atoms with Crippen LogP contribution in [0.25, 0.3) is 0 Å². The molecule has 0 aliphatic carbocycles. The van der Waals surface area contributed by atoms with Gasteiger partial charge in [0.2, 0.25) is 5.91 Å². The van der Waals surface area contributed by atoms with Crippen LogP contribution in [0, 0.1) is 5.92 Å². The monoisotopic (exact) mass is 312 g/mol. The molecule has 0 aromatic heterocycles. The Hall–Kier alpha value is -1.26. The van der Waals surface area contributed by atoms with Gasteiger partial charge in [0.1, 0.15) is 5.75 Å². The molecule has 0 aliphatic rings. The molecule has 1 aromatic carbocycles. The number of hydrogen-bond donors (Lipinski definition) is 2. The van der Waals surface area contributed by atoms with Crippen molar-refractivity contribution in [1.82, 2.24) is 5.32 Å². The van der Waals surface area contributed by atoms with Crippen LogP contribution in [0.1, 0.15) is 32.8 Å². The van der Waals surface area contributed by atoms with Gasteiger partial charge in [0.25, 0.3) is 0 Å². The lowest BCUT2D eigenvalue weighted by molar-refractivity contribution is -0.122. The predicted molar refractivity (Wildman–Crippen MR) is 86.8 cm³/mol. The number of carbonyl (C=O) groups excluding carboxylic acids is 1. The minimum atomic E-state index is -0.392. The first-order valence-electron chi connectivity index (χ1n) is 7.13. The van der Waals surface area contributed by atoms with Gasteiger partial charge in [0, 0.05) is 22.7 Å². The highest BCUT2D eigenvalue weighted by Gasteiger charge is 2.26. The number of hydrogen-bond acceptors (Lipinski definition) is 3. The highest BCUT2D eigenvalue weighted by atomic mass is 35.5. The summed E-state index contributed by atoms with van der Waals surface area (Å²) in [4.78, 5) is 12.3. The van der Waals surface area contributed by atoms with Crippen molar-refractivity contribution >= 4 is 17.5 Å². The molecule has 0 fully saturated rings. The highest BCUT2D eigenvalue weighted by Crippen LogP contribution is 2.23. The molecule has 21 heavy (non-hydrogen) atoms. The molecule has 0 saturated carbocycles. The predicted octanol–water partition coefficient (Wildman–Crippen LogP) is 2.77. The number of halogens is 1. The van der Waals surface area contributed by atoms with Crippen molar-refractivity contribution in [3.63, 3.8) is 0 Å². The number of nitrogens with two attached hydrogens (primary N) is 1. The van der Waals surface area contributed by atoms with Crippen molar-refractivity contribution < 1.29 is 9.53 Å². The molecule has 1 rings (SSSR count). The molecule has 4 nitrogen and oxygen atoms in total. The number of rotatable bonds is 7. The van der Waals surface area contributed by atoms with Crippen molar-refractivity contribution in [2.45, 2.75) is 39.2 Å². The summed E-state index contributed by atoms with van der Waals surface area (Å²) in [5.74, 6) is 1.04. The van der Waals surface area contributed by atoms with Crippen LogP contribution in [-0.4, -0.2) is 25.1 Å². The van der Waals surface area contributed by atoms with Gasteiger partial charge in [-0.3, -0.25) is 4.79 Å². The molecule has 118 valence electrons. The van der Waals surface area contributed by atoms with Gasteiger partial charge in [-0.1, -0.05) is 25.4 Å². The number of ether oxygens (including phenoxy) is 1. The quantitative estimate of drug-likeness (QED) is 0.813. The van der Waals surface area contributed by atoms with Crippen LogP contribution in [0.4, 0.5) is 0 Å². The fourth-order valence-electron chi connectivity index (χ4n) is 2.53. The van der Waals surface area contributed by atoms with E-state index in [0.29, 0.717) is 23.2 Å². The Kier molecular flexibility index (Phi) is 6.49. The fourth-order valence-corrected chi connectivity index (χ4v) is 2.72. The van der Waals surface area contributed by atoms with E-state index in [9.17, 15) is 4.79 Å². The first-order chi connectivity index (χ1) is 9.79. The van der Waals surface area contributed by atoms with Gasteiger partial charge >= 0.3 is 0 Å². The third kappa shape index (κ3) is 5.56. The van der Waals surface area contributed by atoms with Gasteiger partial charge < -0.3 is 15.8 Å². The van der Waals surface area contributed by atoms with Gasteiger partial charge in [-0.15, -0.1) is 0 Å². The molecule has 0 heterocycles. The number of benzene rings is 1. The van der Waals surface area contributed by atoms with E-state index >= 15 is 0 Å². The maximum atomic E-state index is 12.3. The summed E-state index contributed by atoms with van der Waals surface area (Å²) in [5, 5.41) is 3.62. The second-order valence-electron chi connectivity index (χ2n) is 6.04. The lowest BCUT2D eigenvalue weighted by Gasteiger charge is -2.31. The van der Waals surface area contributed by atoms with Crippen LogP contribution in [0.2, 0.25) is 5.02 Å². The molecule has 0 radical (unpaired) electrons. The number of amides is 1. The maximum Gasteiger partial charge on any atom is 0.225 e. The number of methoxy groups -OCH3 is 1. The van der Waals surface area contributed by atoms with Gasteiger partial charge in [-0.05, 0) is 37.5 Å². The average Bonchev–Trinajstić information content (AvgIpc) is 2.37. The zero-order valence-electron chi connectivity index (χ0n) is 13.2. The summed E-state index contributed by atoms with van der Waals surface area (Å²) in [5.41, 5.74) is 6.19. The molecule has 3 N–H and O–H groups in total. The van der Waals surface area contributed by atoms with Crippen molar-refractivity contribution in [3.05, 3.63) is 28.8 Å². The summed E-state index contributed by atoms with van der Waals surface area (Å²) in [7, 11) is 1.58. The van der Waals surface area contributed by atoms with Crippen LogP contribution in [-0.2, 0) is 11.2 Å². The SMILES string of the molecule is COc1ccc(Cl)cc1CC(=O)NC(C)(CN)CC(C)C. The maximum absolute atomic E-state index is 12.3. The van der Waals surface area contributed by atoms with E-state index in [2.05, 4.69) is 19.2 Å². The van der Waals surface area contributed by atoms with Crippen molar-refractivity contribution in [3.8, 4) is 5.75 Å². The third-order valence-corrected chi connectivity index (χ3v) is 3.58. The zero-order valence-corrected chi connectivity index (χ0v) is 14.0. The summed E-state index contributed by atoms with van der Waals surface area (Å²) >= 11 is 5.98. The van der Waals surface area contributed by atoms with Crippen LogP contribution in [0.3, 0.4) is 0 Å². The van der Waals surface area contributed by atoms with Crippen molar-refractivity contribution in [2.75, 3.05) is 13.7 Å². The molecular formula is C16H25ClN2O2. The van der Waals surface area contributed by atoms with Gasteiger partial charge in [0.05, 0.1) is 13.5 Å². The topological polar surface area (TPSA) is 64.3 Å². The number of carbonyl (C=O) groups is 1. The second kappa shape index (κ2) is 7.66. The Morgan fingerprint density at radius 1 is 1.48 bits per heavy atom. The lowest BCUT2D eigenvalue weighted by Crippen LogP contribution is -2.52. The first kappa shape index (κ1) is 17.8. The summed E-state index contributed by atoms with van der Waals surface area (Å²) < 4.78 is 5.26. The molecule has 1 aromatic rings. The fraction of sp³-hybridized carbons (Fsp3) is 0.562. The van der Waals surface area contributed by atoms with Gasteiger partial charge in [0.15, 0.2) is 0 Å². The lowest BCUT2D eigenvalue weighted by atomic mass is 9.90.